The van der Waals surface area contributed by atoms with E-state index in [4.69, 9.17) is 5.11 Å². The molecule has 0 aliphatic rings. The van der Waals surface area contributed by atoms with Crippen molar-refractivity contribution in [1.82, 2.24) is 9.55 Å². The quantitative estimate of drug-likeness (QED) is 0.755. The van der Waals surface area contributed by atoms with Crippen LogP contribution in [-0.2, 0) is 0 Å². The molecule has 3 aromatic rings. The highest BCUT2D eigenvalue weighted by atomic mass is 16.3. The summed E-state index contributed by atoms with van der Waals surface area (Å²) in [4.78, 5) is 4.53. The first kappa shape index (κ1) is 13.4. The van der Waals surface area contributed by atoms with Crippen molar-refractivity contribution in [2.24, 2.45) is 0 Å². The highest BCUT2D eigenvalue weighted by Gasteiger charge is 2.12. The number of nitrogens with one attached hydrogen (secondary N) is 1. The van der Waals surface area contributed by atoms with Crippen molar-refractivity contribution in [3.63, 3.8) is 0 Å². The number of para-hydroxylation sites is 1. The molecular formula is C17H17N3O. The SMILES string of the molecule is OCCNc1cnc(-c2ccccc2)n1-c1ccccc1. The molecule has 0 radical (unpaired) electrons. The van der Waals surface area contributed by atoms with Gasteiger partial charge in [-0.05, 0) is 12.1 Å². The molecular weight excluding hydrogens is 262 g/mol. The first-order valence-corrected chi connectivity index (χ1v) is 6.93. The lowest BCUT2D eigenvalue weighted by Crippen LogP contribution is -2.10. The predicted octanol–water partition coefficient (Wildman–Crippen LogP) is 2.94. The van der Waals surface area contributed by atoms with Gasteiger partial charge in [0.2, 0.25) is 0 Å². The summed E-state index contributed by atoms with van der Waals surface area (Å²) in [7, 11) is 0. The lowest BCUT2D eigenvalue weighted by atomic mass is 10.2. The van der Waals surface area contributed by atoms with Gasteiger partial charge in [-0.25, -0.2) is 4.98 Å². The van der Waals surface area contributed by atoms with Gasteiger partial charge in [-0.3, -0.25) is 4.57 Å². The van der Waals surface area contributed by atoms with Crippen molar-refractivity contribution < 1.29 is 5.11 Å². The molecule has 0 atom stereocenters. The van der Waals surface area contributed by atoms with Gasteiger partial charge in [-0.15, -0.1) is 0 Å². The Balaban J connectivity index is 2.11. The average molecular weight is 279 g/mol. The van der Waals surface area contributed by atoms with Crippen molar-refractivity contribution in [2.75, 3.05) is 18.5 Å². The van der Waals surface area contributed by atoms with Crippen molar-refractivity contribution in [2.45, 2.75) is 0 Å². The van der Waals surface area contributed by atoms with Crippen LogP contribution in [0.5, 0.6) is 0 Å². The van der Waals surface area contributed by atoms with Gasteiger partial charge < -0.3 is 10.4 Å². The molecule has 0 aliphatic carbocycles. The highest BCUT2D eigenvalue weighted by Crippen LogP contribution is 2.26. The Bertz CT molecular complexity index is 693. The van der Waals surface area contributed by atoms with Crippen LogP contribution in [0.25, 0.3) is 17.1 Å². The van der Waals surface area contributed by atoms with Gasteiger partial charge in [0.15, 0.2) is 0 Å². The number of aliphatic hydroxyl groups excluding tert-OH is 1. The van der Waals surface area contributed by atoms with Crippen molar-refractivity contribution in [3.8, 4) is 17.1 Å². The second-order valence-electron chi connectivity index (χ2n) is 4.65. The molecule has 106 valence electrons. The number of benzene rings is 2. The Kier molecular flexibility index (Phi) is 3.98. The fraction of sp³-hybridized carbons (Fsp3) is 0.118. The molecule has 0 saturated carbocycles. The summed E-state index contributed by atoms with van der Waals surface area (Å²) in [6.45, 7) is 0.577. The Morgan fingerprint density at radius 1 is 0.952 bits per heavy atom. The van der Waals surface area contributed by atoms with Gasteiger partial charge in [-0.1, -0.05) is 48.5 Å². The number of hydrogen-bond donors (Lipinski definition) is 2. The summed E-state index contributed by atoms with van der Waals surface area (Å²) in [6.07, 6.45) is 1.80. The predicted molar refractivity (Wildman–Crippen MR) is 84.6 cm³/mol. The molecule has 1 heterocycles. The fourth-order valence-electron chi connectivity index (χ4n) is 2.29. The minimum Gasteiger partial charge on any atom is -0.395 e. The maximum Gasteiger partial charge on any atom is 0.146 e. The third kappa shape index (κ3) is 2.80. The molecule has 0 fully saturated rings. The summed E-state index contributed by atoms with van der Waals surface area (Å²) in [5.74, 6) is 1.75. The number of rotatable bonds is 5. The monoisotopic (exact) mass is 279 g/mol. The molecule has 4 nitrogen and oxygen atoms in total. The molecule has 21 heavy (non-hydrogen) atoms. The van der Waals surface area contributed by atoms with Crippen LogP contribution in [0.2, 0.25) is 0 Å². The molecule has 0 bridgehead atoms. The standard InChI is InChI=1S/C17H17N3O/c21-12-11-18-16-13-19-17(14-7-3-1-4-8-14)20(16)15-9-5-2-6-10-15/h1-10,13,18,21H,11-12H2. The third-order valence-electron chi connectivity index (χ3n) is 3.23. The number of nitrogens with zero attached hydrogens (tertiary/aromatic N) is 2. The van der Waals surface area contributed by atoms with Gasteiger partial charge in [-0.2, -0.15) is 0 Å². The van der Waals surface area contributed by atoms with Crippen LogP contribution in [-0.4, -0.2) is 27.8 Å². The number of anilines is 1. The zero-order chi connectivity index (χ0) is 14.5. The summed E-state index contributed by atoms with van der Waals surface area (Å²) >= 11 is 0. The summed E-state index contributed by atoms with van der Waals surface area (Å²) in [5, 5.41) is 12.2. The summed E-state index contributed by atoms with van der Waals surface area (Å²) < 4.78 is 2.06. The largest absolute Gasteiger partial charge is 0.395 e. The number of aliphatic hydroxyl groups is 1. The molecule has 0 saturated heterocycles. The van der Waals surface area contributed by atoms with Crippen LogP contribution in [0.3, 0.4) is 0 Å². The van der Waals surface area contributed by atoms with E-state index in [1.165, 1.54) is 0 Å². The van der Waals surface area contributed by atoms with E-state index in [1.54, 1.807) is 6.20 Å². The van der Waals surface area contributed by atoms with Gasteiger partial charge >= 0.3 is 0 Å². The summed E-state index contributed by atoms with van der Waals surface area (Å²) in [5.41, 5.74) is 2.09. The number of hydrogen-bond acceptors (Lipinski definition) is 3. The van der Waals surface area contributed by atoms with Crippen molar-refractivity contribution in [1.29, 1.82) is 0 Å². The van der Waals surface area contributed by atoms with E-state index in [9.17, 15) is 0 Å². The number of imidazole rings is 1. The van der Waals surface area contributed by atoms with Crippen molar-refractivity contribution in [3.05, 3.63) is 66.9 Å². The zero-order valence-corrected chi connectivity index (χ0v) is 11.6. The average Bonchev–Trinajstić information content (AvgIpc) is 2.98. The van der Waals surface area contributed by atoms with Crippen LogP contribution < -0.4 is 5.32 Å². The Morgan fingerprint density at radius 3 is 2.29 bits per heavy atom. The molecule has 2 N–H and O–H groups in total. The highest BCUT2D eigenvalue weighted by molar-refractivity contribution is 5.63. The van der Waals surface area contributed by atoms with Crippen LogP contribution >= 0.6 is 0 Å². The smallest absolute Gasteiger partial charge is 0.146 e. The number of aromatic nitrogens is 2. The van der Waals surface area contributed by atoms with Gasteiger partial charge in [0.1, 0.15) is 11.6 Å². The molecule has 4 heteroatoms. The van der Waals surface area contributed by atoms with E-state index in [1.807, 2.05) is 60.7 Å². The second kappa shape index (κ2) is 6.24. The van der Waals surface area contributed by atoms with E-state index in [-0.39, 0.29) is 6.61 Å². The van der Waals surface area contributed by atoms with Crippen LogP contribution in [0.4, 0.5) is 5.82 Å². The van der Waals surface area contributed by atoms with Crippen LogP contribution in [0.1, 0.15) is 0 Å². The fourth-order valence-corrected chi connectivity index (χ4v) is 2.29. The zero-order valence-electron chi connectivity index (χ0n) is 11.6. The van der Waals surface area contributed by atoms with Gasteiger partial charge in [0.05, 0.1) is 12.8 Å². The van der Waals surface area contributed by atoms with E-state index in [0.29, 0.717) is 6.54 Å². The van der Waals surface area contributed by atoms with E-state index >= 15 is 0 Å². The first-order chi connectivity index (χ1) is 10.4. The maximum absolute atomic E-state index is 9.02. The van der Waals surface area contributed by atoms with Gasteiger partial charge in [0, 0.05) is 17.8 Å². The van der Waals surface area contributed by atoms with E-state index < -0.39 is 0 Å². The Hall–Kier alpha value is -2.59. The Labute approximate surface area is 123 Å². The maximum atomic E-state index is 9.02. The lowest BCUT2D eigenvalue weighted by molar-refractivity contribution is 0.311. The Morgan fingerprint density at radius 2 is 1.62 bits per heavy atom. The molecule has 0 spiro atoms. The molecule has 3 rings (SSSR count). The van der Waals surface area contributed by atoms with Crippen molar-refractivity contribution >= 4 is 5.82 Å². The lowest BCUT2D eigenvalue weighted by Gasteiger charge is -2.13. The van der Waals surface area contributed by atoms with E-state index in [0.717, 1.165) is 22.9 Å². The minimum absolute atomic E-state index is 0.0840. The molecule has 0 unspecified atom stereocenters. The summed E-state index contributed by atoms with van der Waals surface area (Å²) in [6, 6.07) is 20.1. The normalized spacial score (nSPS) is 10.5. The second-order valence-corrected chi connectivity index (χ2v) is 4.65. The van der Waals surface area contributed by atoms with Gasteiger partial charge in [0.25, 0.3) is 0 Å². The third-order valence-corrected chi connectivity index (χ3v) is 3.23. The molecule has 0 amide bonds. The molecule has 2 aromatic carbocycles. The molecule has 1 aromatic heterocycles. The topological polar surface area (TPSA) is 50.1 Å². The first-order valence-electron chi connectivity index (χ1n) is 6.93. The van der Waals surface area contributed by atoms with Crippen LogP contribution in [0.15, 0.2) is 66.9 Å². The van der Waals surface area contributed by atoms with E-state index in [2.05, 4.69) is 14.9 Å². The minimum atomic E-state index is 0.0840. The van der Waals surface area contributed by atoms with Crippen LogP contribution in [0, 0.1) is 0 Å². The molecule has 0 aliphatic heterocycles.